The Morgan fingerprint density at radius 2 is 1.67 bits per heavy atom. The molecule has 99 valence electrons. The Labute approximate surface area is 109 Å². The van der Waals surface area contributed by atoms with Crippen molar-refractivity contribution < 1.29 is 42.6 Å². The van der Waals surface area contributed by atoms with Gasteiger partial charge in [0.1, 0.15) is 0 Å². The molecule has 0 radical (unpaired) electrons. The third-order valence-electron chi connectivity index (χ3n) is 1.58. The van der Waals surface area contributed by atoms with Crippen LogP contribution in [0.4, 0.5) is 0 Å². The first kappa shape index (κ1) is 16.5. The standard InChI is InChI=1S/C10H11NO3.2H2O.O.V/c1-7(12)5-8-3-2-4-9(11-8)6-10(13)14;;;;/h2-4,12H,1,5-6H2,(H,13,14);2*1H2;;/q;;;;+2/p-2. The molecule has 0 saturated carbocycles. The zero-order valence-electron chi connectivity index (χ0n) is 9.35. The molecule has 8 heteroatoms. The molecule has 4 N–H and O–H groups in total. The summed E-state index contributed by atoms with van der Waals surface area (Å²) in [7, 11) is 0. The predicted octanol–water partition coefficient (Wildman–Crippen LogP) is 0.0876. The molecule has 0 aromatic carbocycles. The van der Waals surface area contributed by atoms with Gasteiger partial charge in [0.15, 0.2) is 0 Å². The van der Waals surface area contributed by atoms with Crippen LogP contribution in [0.15, 0.2) is 30.5 Å². The molecule has 0 spiro atoms. The summed E-state index contributed by atoms with van der Waals surface area (Å²) in [5.74, 6) is -0.901. The molecule has 18 heavy (non-hydrogen) atoms. The first-order chi connectivity index (χ1) is 8.31. The summed E-state index contributed by atoms with van der Waals surface area (Å²) in [5, 5.41) is 17.5. The van der Waals surface area contributed by atoms with Gasteiger partial charge in [0.2, 0.25) is 0 Å². The molecule has 7 nitrogen and oxygen atoms in total. The second-order valence-electron chi connectivity index (χ2n) is 3.19. The maximum absolute atomic E-state index is 10.4. The van der Waals surface area contributed by atoms with Crippen molar-refractivity contribution in [3.8, 4) is 0 Å². The number of carbonyl (C=O) groups is 1. The number of carboxylic acid groups (broad SMARTS) is 1. The predicted molar refractivity (Wildman–Crippen MR) is 56.2 cm³/mol. The van der Waals surface area contributed by atoms with Gasteiger partial charge in [0, 0.05) is 12.1 Å². The monoisotopic (exact) mass is 294 g/mol. The van der Waals surface area contributed by atoms with Crippen molar-refractivity contribution in [3.05, 3.63) is 41.9 Å². The molecule has 0 saturated heterocycles. The topological polar surface area (TPSA) is 128 Å². The molecule has 0 aliphatic rings. The minimum absolute atomic E-state index is 0.0185. The molecule has 0 fully saturated rings. The quantitative estimate of drug-likeness (QED) is 0.579. The molecule has 0 unspecified atom stereocenters. The van der Waals surface area contributed by atoms with Gasteiger partial charge in [0.25, 0.3) is 0 Å². The Kier molecular flexibility index (Phi) is 7.81. The van der Waals surface area contributed by atoms with Crippen molar-refractivity contribution in [1.29, 1.82) is 0 Å². The summed E-state index contributed by atoms with van der Waals surface area (Å²) < 4.78 is 23.2. The van der Waals surface area contributed by atoms with Crippen LogP contribution >= 0.6 is 0 Å². The number of allylic oxidation sites excluding steroid dienone is 1. The van der Waals surface area contributed by atoms with E-state index in [1.807, 2.05) is 0 Å². The number of aliphatic carboxylic acids is 1. The van der Waals surface area contributed by atoms with E-state index in [-0.39, 0.29) is 18.6 Å². The third-order valence-corrected chi connectivity index (χ3v) is 1.58. The van der Waals surface area contributed by atoms with Gasteiger partial charge in [-0.2, -0.15) is 0 Å². The molecule has 1 aromatic rings. The van der Waals surface area contributed by atoms with Crippen molar-refractivity contribution in [2.45, 2.75) is 12.8 Å². The number of rotatable bonds is 4. The van der Waals surface area contributed by atoms with Crippen LogP contribution in [0.5, 0.6) is 0 Å². The van der Waals surface area contributed by atoms with Gasteiger partial charge in [0.05, 0.1) is 17.9 Å². The fourth-order valence-corrected chi connectivity index (χ4v) is 1.09. The van der Waals surface area contributed by atoms with Gasteiger partial charge in [-0.05, 0) is 12.1 Å². The van der Waals surface area contributed by atoms with Crippen LogP contribution in [0, 0.1) is 0 Å². The summed E-state index contributed by atoms with van der Waals surface area (Å²) >= 11 is -3.44. The number of aliphatic hydroxyl groups is 1. The van der Waals surface area contributed by atoms with Crippen LogP contribution in [0.2, 0.25) is 0 Å². The summed E-state index contributed by atoms with van der Waals surface area (Å²) in [4.78, 5) is 14.4. The summed E-state index contributed by atoms with van der Waals surface area (Å²) in [6.07, 6.45) is 0.152. The molecule has 1 rings (SSSR count). The van der Waals surface area contributed by atoms with E-state index in [4.69, 9.17) is 22.0 Å². The average Bonchev–Trinajstić information content (AvgIpc) is 2.14. The second kappa shape index (κ2) is 8.54. The van der Waals surface area contributed by atoms with Gasteiger partial charge in [-0.1, -0.05) is 12.6 Å². The normalized spacial score (nSPS) is 9.00. The third kappa shape index (κ3) is 9.67. The Morgan fingerprint density at radius 3 is 2.06 bits per heavy atom. The average molecular weight is 294 g/mol. The van der Waals surface area contributed by atoms with E-state index in [2.05, 4.69) is 11.6 Å². The number of pyridine rings is 1. The first-order valence-corrected chi connectivity index (χ1v) is 6.51. The number of hydrogen-bond donors (Lipinski definition) is 4. The molecule has 0 aliphatic heterocycles. The van der Waals surface area contributed by atoms with E-state index >= 15 is 0 Å². The molecule has 1 heterocycles. The number of hydrogen-bond acceptors (Lipinski definition) is 4. The number of carboxylic acids is 1. The van der Waals surface area contributed by atoms with Crippen molar-refractivity contribution in [2.24, 2.45) is 0 Å². The van der Waals surface area contributed by atoms with E-state index in [1.165, 1.54) is 0 Å². The Morgan fingerprint density at radius 1 is 1.22 bits per heavy atom. The van der Waals surface area contributed by atoms with E-state index in [0.29, 0.717) is 11.4 Å². The van der Waals surface area contributed by atoms with Crippen LogP contribution in [-0.4, -0.2) is 29.2 Å². The summed E-state index contributed by atoms with van der Waals surface area (Å²) in [6.45, 7) is 3.34. The van der Waals surface area contributed by atoms with Crippen LogP contribution in [-0.2, 0) is 37.1 Å². The Balaban J connectivity index is 0.000000631. The van der Waals surface area contributed by atoms with Crippen molar-refractivity contribution in [3.63, 3.8) is 0 Å². The first-order valence-electron chi connectivity index (χ1n) is 4.69. The van der Waals surface area contributed by atoms with Gasteiger partial charge >= 0.3 is 33.5 Å². The molecule has 0 atom stereocenters. The van der Waals surface area contributed by atoms with E-state index in [1.54, 1.807) is 18.2 Å². The van der Waals surface area contributed by atoms with Crippen LogP contribution < -0.4 is 0 Å². The number of nitrogens with zero attached hydrogens (tertiary/aromatic N) is 1. The zero-order valence-corrected chi connectivity index (χ0v) is 10.7. The van der Waals surface area contributed by atoms with E-state index in [0.717, 1.165) is 0 Å². The van der Waals surface area contributed by atoms with Gasteiger partial charge in [-0.25, -0.2) is 0 Å². The van der Waals surface area contributed by atoms with Gasteiger partial charge < -0.3 is 10.2 Å². The van der Waals surface area contributed by atoms with E-state index < -0.39 is 21.8 Å². The molecular formula is C10H13NO6V. The van der Waals surface area contributed by atoms with Crippen LogP contribution in [0.25, 0.3) is 0 Å². The number of aromatic nitrogens is 1. The summed E-state index contributed by atoms with van der Waals surface area (Å²) in [5.41, 5.74) is 1.10. The Bertz CT molecular complexity index is 412. The van der Waals surface area contributed by atoms with Crippen LogP contribution in [0.1, 0.15) is 11.4 Å². The molecule has 1 aromatic heterocycles. The van der Waals surface area contributed by atoms with Gasteiger partial charge in [-0.15, -0.1) is 0 Å². The molecule has 0 bridgehead atoms. The second-order valence-corrected chi connectivity index (χ2v) is 3.98. The van der Waals surface area contributed by atoms with Crippen molar-refractivity contribution >= 4 is 5.97 Å². The minimum atomic E-state index is -3.44. The Hall–Kier alpha value is -1.54. The molecule has 0 aliphatic carbocycles. The summed E-state index contributed by atoms with van der Waals surface area (Å²) in [6, 6.07) is 5.06. The fraction of sp³-hybridized carbons (Fsp3) is 0.200. The molecule has 0 amide bonds. The van der Waals surface area contributed by atoms with Crippen molar-refractivity contribution in [1.82, 2.24) is 4.98 Å². The van der Waals surface area contributed by atoms with Crippen molar-refractivity contribution in [2.75, 3.05) is 0 Å². The SMILES string of the molecule is C=C(O)Cc1cccc(CC(=O)O)n1.[O]=[V]([OH])[OH]. The maximum atomic E-state index is 10.4. The van der Waals surface area contributed by atoms with Gasteiger partial charge in [-0.3, -0.25) is 9.78 Å². The number of aliphatic hydroxyl groups excluding tert-OH is 1. The molecular weight excluding hydrogens is 281 g/mol. The van der Waals surface area contributed by atoms with Crippen LogP contribution in [0.3, 0.4) is 0 Å². The van der Waals surface area contributed by atoms with E-state index in [9.17, 15) is 4.79 Å². The fourth-order valence-electron chi connectivity index (χ4n) is 1.09. The zero-order chi connectivity index (χ0) is 14.1.